The summed E-state index contributed by atoms with van der Waals surface area (Å²) in [6.45, 7) is 15.0. The van der Waals surface area contributed by atoms with E-state index in [4.69, 9.17) is 9.16 Å². The van der Waals surface area contributed by atoms with Crippen molar-refractivity contribution in [3.05, 3.63) is 35.9 Å². The van der Waals surface area contributed by atoms with E-state index in [0.29, 0.717) is 6.61 Å². The fraction of sp³-hybridized carbons (Fsp3) is 0.647. The molecule has 3 heteroatoms. The molecule has 20 heavy (non-hydrogen) atoms. The number of hydrogen-bond donors (Lipinski definition) is 0. The molecule has 0 N–H and O–H groups in total. The summed E-state index contributed by atoms with van der Waals surface area (Å²) >= 11 is 0. The molecule has 1 aromatic carbocycles. The first-order valence-electron chi connectivity index (χ1n) is 7.52. The third-order valence-electron chi connectivity index (χ3n) is 4.08. The average Bonchev–Trinajstić information content (AvgIpc) is 2.34. The minimum absolute atomic E-state index is 0.270. The largest absolute Gasteiger partial charge is 0.414 e. The molecule has 1 atom stereocenters. The molecule has 0 amide bonds. The summed E-state index contributed by atoms with van der Waals surface area (Å²) in [5, 5.41) is 0.270. The number of hydrogen-bond acceptors (Lipinski definition) is 2. The van der Waals surface area contributed by atoms with Crippen molar-refractivity contribution in [1.82, 2.24) is 0 Å². The van der Waals surface area contributed by atoms with Gasteiger partial charge in [-0.15, -0.1) is 0 Å². The highest BCUT2D eigenvalue weighted by atomic mass is 28.4. The molecule has 114 valence electrons. The maximum Gasteiger partial charge on any atom is 0.192 e. The molecule has 0 radical (unpaired) electrons. The van der Waals surface area contributed by atoms with Gasteiger partial charge in [-0.1, -0.05) is 51.1 Å². The molecule has 0 saturated carbocycles. The summed E-state index contributed by atoms with van der Waals surface area (Å²) < 4.78 is 12.0. The normalized spacial score (nSPS) is 14.3. The molecule has 0 heterocycles. The zero-order chi connectivity index (χ0) is 15.2. The lowest BCUT2D eigenvalue weighted by Crippen LogP contribution is -2.43. The van der Waals surface area contributed by atoms with Gasteiger partial charge in [0, 0.05) is 12.7 Å². The van der Waals surface area contributed by atoms with Gasteiger partial charge in [0.05, 0.1) is 6.61 Å². The number of benzene rings is 1. The SMILES string of the molecule is C[C@H](CCOCc1ccccc1)O[Si](C)(C)C(C)(C)C. The van der Waals surface area contributed by atoms with E-state index in [9.17, 15) is 0 Å². The molecule has 1 aromatic rings. The highest BCUT2D eigenvalue weighted by Gasteiger charge is 2.38. The van der Waals surface area contributed by atoms with Crippen LogP contribution in [0.25, 0.3) is 0 Å². The number of ether oxygens (including phenoxy) is 1. The third-order valence-corrected chi connectivity index (χ3v) is 8.69. The van der Waals surface area contributed by atoms with Crippen LogP contribution in [0.15, 0.2) is 30.3 Å². The van der Waals surface area contributed by atoms with Gasteiger partial charge in [-0.3, -0.25) is 0 Å². The van der Waals surface area contributed by atoms with Crippen molar-refractivity contribution in [1.29, 1.82) is 0 Å². The van der Waals surface area contributed by atoms with Crippen molar-refractivity contribution in [2.24, 2.45) is 0 Å². The van der Waals surface area contributed by atoms with E-state index in [1.165, 1.54) is 5.56 Å². The highest BCUT2D eigenvalue weighted by Crippen LogP contribution is 2.37. The Balaban J connectivity index is 2.25. The van der Waals surface area contributed by atoms with Crippen molar-refractivity contribution < 1.29 is 9.16 Å². The maximum atomic E-state index is 6.31. The fourth-order valence-electron chi connectivity index (χ4n) is 1.75. The predicted octanol–water partition coefficient (Wildman–Crippen LogP) is 5.00. The van der Waals surface area contributed by atoms with Crippen LogP contribution in [0.2, 0.25) is 18.1 Å². The summed E-state index contributed by atoms with van der Waals surface area (Å²) in [6, 6.07) is 10.3. The van der Waals surface area contributed by atoms with Crippen LogP contribution in [0.1, 0.15) is 39.7 Å². The third kappa shape index (κ3) is 5.78. The van der Waals surface area contributed by atoms with Crippen LogP contribution < -0.4 is 0 Å². The van der Waals surface area contributed by atoms with Gasteiger partial charge in [0.15, 0.2) is 8.32 Å². The van der Waals surface area contributed by atoms with Crippen LogP contribution in [0.4, 0.5) is 0 Å². The molecule has 2 nitrogen and oxygen atoms in total. The van der Waals surface area contributed by atoms with Crippen molar-refractivity contribution in [2.45, 2.75) is 65.0 Å². The van der Waals surface area contributed by atoms with Crippen LogP contribution in [0, 0.1) is 0 Å². The van der Waals surface area contributed by atoms with Crippen LogP contribution in [0.5, 0.6) is 0 Å². The van der Waals surface area contributed by atoms with Gasteiger partial charge in [0.2, 0.25) is 0 Å². The molecule has 0 unspecified atom stereocenters. The molecule has 0 fully saturated rings. The molecule has 0 saturated heterocycles. The lowest BCUT2D eigenvalue weighted by atomic mass is 10.2. The molecule has 0 aliphatic rings. The Hall–Kier alpha value is -0.643. The summed E-state index contributed by atoms with van der Waals surface area (Å²) in [5.41, 5.74) is 1.23. The first kappa shape index (κ1) is 17.4. The first-order valence-corrected chi connectivity index (χ1v) is 10.4. The zero-order valence-electron chi connectivity index (χ0n) is 13.9. The standard InChI is InChI=1S/C17H30O2Si/c1-15(19-20(5,6)17(2,3)4)12-13-18-14-16-10-8-7-9-11-16/h7-11,15H,12-14H2,1-6H3/t15-/m1/s1. The molecule has 0 spiro atoms. The summed E-state index contributed by atoms with van der Waals surface area (Å²) in [5.74, 6) is 0. The monoisotopic (exact) mass is 294 g/mol. The Morgan fingerprint density at radius 2 is 1.70 bits per heavy atom. The van der Waals surface area contributed by atoms with Crippen LogP contribution in [0.3, 0.4) is 0 Å². The van der Waals surface area contributed by atoms with Gasteiger partial charge in [-0.2, -0.15) is 0 Å². The predicted molar refractivity (Wildman–Crippen MR) is 88.5 cm³/mol. The van der Waals surface area contributed by atoms with Gasteiger partial charge < -0.3 is 9.16 Å². The smallest absolute Gasteiger partial charge is 0.192 e. The lowest BCUT2D eigenvalue weighted by molar-refractivity contribution is 0.0833. The quantitative estimate of drug-likeness (QED) is 0.520. The topological polar surface area (TPSA) is 18.5 Å². The van der Waals surface area contributed by atoms with Gasteiger partial charge in [0.1, 0.15) is 0 Å². The van der Waals surface area contributed by atoms with Crippen molar-refractivity contribution in [2.75, 3.05) is 6.61 Å². The van der Waals surface area contributed by atoms with Gasteiger partial charge in [-0.05, 0) is 37.0 Å². The Bertz CT molecular complexity index is 382. The second kappa shape index (κ2) is 7.39. The minimum atomic E-state index is -1.65. The molecule has 0 aromatic heterocycles. The summed E-state index contributed by atoms with van der Waals surface area (Å²) in [4.78, 5) is 0. The van der Waals surface area contributed by atoms with Gasteiger partial charge >= 0.3 is 0 Å². The van der Waals surface area contributed by atoms with Crippen molar-refractivity contribution >= 4 is 8.32 Å². The van der Waals surface area contributed by atoms with Crippen LogP contribution in [-0.2, 0) is 15.8 Å². The summed E-state index contributed by atoms with van der Waals surface area (Å²) in [6.07, 6.45) is 1.23. The average molecular weight is 295 g/mol. The van der Waals surface area contributed by atoms with Gasteiger partial charge in [-0.25, -0.2) is 0 Å². The number of rotatable bonds is 7. The molecule has 1 rings (SSSR count). The second-order valence-electron chi connectivity index (χ2n) is 7.02. The molecule has 0 bridgehead atoms. The Morgan fingerprint density at radius 1 is 1.10 bits per heavy atom. The van der Waals surface area contributed by atoms with E-state index >= 15 is 0 Å². The van der Waals surface area contributed by atoms with E-state index in [1.807, 2.05) is 18.2 Å². The van der Waals surface area contributed by atoms with Crippen LogP contribution in [-0.4, -0.2) is 21.0 Å². The summed E-state index contributed by atoms with van der Waals surface area (Å²) in [7, 11) is -1.65. The first-order chi connectivity index (χ1) is 9.22. The van der Waals surface area contributed by atoms with Crippen molar-refractivity contribution in [3.8, 4) is 0 Å². The highest BCUT2D eigenvalue weighted by molar-refractivity contribution is 6.74. The Kier molecular flexibility index (Phi) is 6.43. The van der Waals surface area contributed by atoms with E-state index in [0.717, 1.165) is 13.0 Å². The maximum absolute atomic E-state index is 6.31. The van der Waals surface area contributed by atoms with E-state index < -0.39 is 8.32 Å². The molecule has 0 aliphatic carbocycles. The molecular weight excluding hydrogens is 264 g/mol. The van der Waals surface area contributed by atoms with E-state index in [2.05, 4.69) is 52.9 Å². The lowest BCUT2D eigenvalue weighted by Gasteiger charge is -2.38. The molecule has 0 aliphatic heterocycles. The zero-order valence-corrected chi connectivity index (χ0v) is 14.9. The van der Waals surface area contributed by atoms with Crippen molar-refractivity contribution in [3.63, 3.8) is 0 Å². The molecular formula is C17H30O2Si. The minimum Gasteiger partial charge on any atom is -0.414 e. The fourth-order valence-corrected chi connectivity index (χ4v) is 3.23. The Labute approximate surface area is 125 Å². The van der Waals surface area contributed by atoms with E-state index in [1.54, 1.807) is 0 Å². The van der Waals surface area contributed by atoms with Crippen LogP contribution >= 0.6 is 0 Å². The van der Waals surface area contributed by atoms with Gasteiger partial charge in [0.25, 0.3) is 0 Å². The van der Waals surface area contributed by atoms with E-state index in [-0.39, 0.29) is 11.1 Å². The second-order valence-corrected chi connectivity index (χ2v) is 11.8. The Morgan fingerprint density at radius 3 is 2.25 bits per heavy atom.